The van der Waals surface area contributed by atoms with Crippen molar-refractivity contribution in [3.05, 3.63) is 11.3 Å². The maximum atomic E-state index is 11.9. The van der Waals surface area contributed by atoms with Crippen molar-refractivity contribution in [2.45, 2.75) is 25.5 Å². The van der Waals surface area contributed by atoms with Gasteiger partial charge in [-0.1, -0.05) is 0 Å². The Morgan fingerprint density at radius 1 is 1.57 bits per heavy atom. The van der Waals surface area contributed by atoms with Gasteiger partial charge in [0.25, 0.3) is 0 Å². The van der Waals surface area contributed by atoms with Crippen LogP contribution in [0.4, 0.5) is 4.79 Å². The van der Waals surface area contributed by atoms with Crippen LogP contribution < -0.4 is 5.73 Å². The van der Waals surface area contributed by atoms with Gasteiger partial charge in [-0.2, -0.15) is 0 Å². The van der Waals surface area contributed by atoms with E-state index in [1.54, 1.807) is 0 Å². The summed E-state index contributed by atoms with van der Waals surface area (Å²) in [4.78, 5) is 35.0. The number of nitrogens with two attached hydrogens (primary N) is 1. The van der Waals surface area contributed by atoms with E-state index >= 15 is 0 Å². The Bertz CT molecular complexity index is 518. The molecule has 4 N–H and O–H groups in total. The van der Waals surface area contributed by atoms with Crippen LogP contribution in [0.2, 0.25) is 0 Å². The molecule has 9 heteroatoms. The van der Waals surface area contributed by atoms with Crippen LogP contribution in [0.15, 0.2) is 11.3 Å². The van der Waals surface area contributed by atoms with Gasteiger partial charge in [-0.05, 0) is 18.9 Å². The summed E-state index contributed by atoms with van der Waals surface area (Å²) in [5.41, 5.74) is 5.40. The lowest BCUT2D eigenvalue weighted by molar-refractivity contribution is -0.161. The molecule has 0 radical (unpaired) electrons. The molecule has 2 heterocycles. The van der Waals surface area contributed by atoms with Crippen LogP contribution >= 0.6 is 11.8 Å². The number of fused-ring (bicyclic) bond motifs is 1. The highest BCUT2D eigenvalue weighted by atomic mass is 32.2. The third-order valence-corrected chi connectivity index (χ3v) is 4.42. The summed E-state index contributed by atoms with van der Waals surface area (Å²) in [7, 11) is 0. The Morgan fingerprint density at radius 2 is 2.24 bits per heavy atom. The Labute approximate surface area is 124 Å². The number of ether oxygens (including phenoxy) is 1. The number of carbonyl (C=O) groups excluding carboxylic acids is 2. The van der Waals surface area contributed by atoms with Gasteiger partial charge >= 0.3 is 12.1 Å². The fourth-order valence-electron chi connectivity index (χ4n) is 2.75. The molecule has 2 aliphatic rings. The summed E-state index contributed by atoms with van der Waals surface area (Å²) in [5.74, 6) is -1.74. The SMILES string of the molecule is CC(O)C1C(=O)N2C(C(=O)O)=C(CSCOC(N)=O)CC12. The molecule has 21 heavy (non-hydrogen) atoms. The number of hydrogen-bond acceptors (Lipinski definition) is 6. The van der Waals surface area contributed by atoms with Crippen LogP contribution in [0.25, 0.3) is 0 Å². The van der Waals surface area contributed by atoms with Crippen LogP contribution in [-0.2, 0) is 14.3 Å². The summed E-state index contributed by atoms with van der Waals surface area (Å²) >= 11 is 1.20. The van der Waals surface area contributed by atoms with Crippen molar-refractivity contribution in [3.63, 3.8) is 0 Å². The molecule has 0 aliphatic carbocycles. The van der Waals surface area contributed by atoms with E-state index in [0.29, 0.717) is 17.7 Å². The average Bonchev–Trinajstić information content (AvgIpc) is 2.68. The molecular formula is C12H16N2O6S. The number of aliphatic hydroxyl groups excluding tert-OH is 1. The Hall–Kier alpha value is -1.74. The van der Waals surface area contributed by atoms with E-state index in [1.807, 2.05) is 0 Å². The first-order valence-corrected chi connectivity index (χ1v) is 7.46. The third kappa shape index (κ3) is 2.84. The zero-order valence-corrected chi connectivity index (χ0v) is 12.1. The van der Waals surface area contributed by atoms with Crippen molar-refractivity contribution in [1.82, 2.24) is 4.90 Å². The van der Waals surface area contributed by atoms with Crippen LogP contribution in [-0.4, -0.2) is 56.9 Å². The van der Waals surface area contributed by atoms with E-state index < -0.39 is 24.1 Å². The molecule has 2 rings (SSSR count). The van der Waals surface area contributed by atoms with Gasteiger partial charge in [0, 0.05) is 5.75 Å². The number of thioether (sulfide) groups is 1. The third-order valence-electron chi connectivity index (χ3n) is 3.58. The smallest absolute Gasteiger partial charge is 0.405 e. The van der Waals surface area contributed by atoms with E-state index in [4.69, 9.17) is 5.73 Å². The van der Waals surface area contributed by atoms with Crippen LogP contribution in [0.1, 0.15) is 13.3 Å². The lowest BCUT2D eigenvalue weighted by Crippen LogP contribution is -2.61. The molecular weight excluding hydrogens is 300 g/mol. The van der Waals surface area contributed by atoms with Gasteiger partial charge in [-0.25, -0.2) is 9.59 Å². The first kappa shape index (κ1) is 15.6. The number of β-lactam (4-membered cyclic amide) rings is 1. The fraction of sp³-hybridized carbons (Fsp3) is 0.583. The molecule has 3 atom stereocenters. The van der Waals surface area contributed by atoms with E-state index in [-0.39, 0.29) is 23.6 Å². The first-order valence-electron chi connectivity index (χ1n) is 6.31. The predicted octanol–water partition coefficient (Wildman–Crippen LogP) is -0.277. The number of aliphatic hydroxyl groups is 1. The van der Waals surface area contributed by atoms with Gasteiger partial charge in [0.15, 0.2) is 0 Å². The lowest BCUT2D eigenvalue weighted by Gasteiger charge is -2.44. The molecule has 2 amide bonds. The Kier molecular flexibility index (Phi) is 4.43. The summed E-state index contributed by atoms with van der Waals surface area (Å²) in [6.07, 6.45) is -1.29. The van der Waals surface area contributed by atoms with Crippen LogP contribution in [0.5, 0.6) is 0 Å². The molecule has 0 saturated carbocycles. The molecule has 1 fully saturated rings. The summed E-state index contributed by atoms with van der Waals surface area (Å²) in [5, 5.41) is 18.9. The number of carbonyl (C=O) groups is 3. The number of aliphatic carboxylic acids is 1. The molecule has 1 saturated heterocycles. The predicted molar refractivity (Wildman–Crippen MR) is 73.1 cm³/mol. The number of carboxylic acid groups (broad SMARTS) is 1. The number of amides is 2. The highest BCUT2D eigenvalue weighted by Gasteiger charge is 2.56. The molecule has 0 bridgehead atoms. The van der Waals surface area contributed by atoms with Gasteiger partial charge in [-0.3, -0.25) is 4.79 Å². The van der Waals surface area contributed by atoms with Gasteiger partial charge in [0.05, 0.1) is 18.1 Å². The van der Waals surface area contributed by atoms with E-state index in [0.717, 1.165) is 0 Å². The lowest BCUT2D eigenvalue weighted by atomic mass is 9.83. The fourth-order valence-corrected chi connectivity index (χ4v) is 3.54. The van der Waals surface area contributed by atoms with Crippen molar-refractivity contribution in [3.8, 4) is 0 Å². The van der Waals surface area contributed by atoms with Crippen molar-refractivity contribution < 1.29 is 29.3 Å². The summed E-state index contributed by atoms with van der Waals surface area (Å²) < 4.78 is 4.56. The van der Waals surface area contributed by atoms with Crippen molar-refractivity contribution in [2.75, 3.05) is 11.7 Å². The summed E-state index contributed by atoms with van der Waals surface area (Å²) in [6.45, 7) is 1.52. The molecule has 8 nitrogen and oxygen atoms in total. The second-order valence-corrected chi connectivity index (χ2v) is 5.87. The number of carboxylic acids is 1. The summed E-state index contributed by atoms with van der Waals surface area (Å²) in [6, 6.07) is -0.295. The molecule has 116 valence electrons. The largest absolute Gasteiger partial charge is 0.477 e. The minimum absolute atomic E-state index is 0.0180. The second-order valence-electron chi connectivity index (χ2n) is 4.93. The van der Waals surface area contributed by atoms with Crippen molar-refractivity contribution >= 4 is 29.7 Å². The zero-order chi connectivity index (χ0) is 15.7. The number of hydrogen-bond donors (Lipinski definition) is 3. The molecule has 3 unspecified atom stereocenters. The standard InChI is InChI=1S/C12H16N2O6S/c1-5(15)8-7-2-6(3-21-4-20-12(13)19)9(11(17)18)14(7)10(8)16/h5,7-8,15H,2-4H2,1H3,(H2,13,19)(H,17,18). The number of nitrogens with zero attached hydrogens (tertiary/aromatic N) is 1. The second kappa shape index (κ2) is 5.94. The molecule has 0 aromatic heterocycles. The minimum atomic E-state index is -1.17. The quantitative estimate of drug-likeness (QED) is 0.349. The van der Waals surface area contributed by atoms with E-state index in [2.05, 4.69) is 4.74 Å². The Morgan fingerprint density at radius 3 is 2.76 bits per heavy atom. The van der Waals surface area contributed by atoms with Crippen molar-refractivity contribution in [1.29, 1.82) is 0 Å². The van der Waals surface area contributed by atoms with Gasteiger partial charge in [-0.15, -0.1) is 11.8 Å². The highest BCUT2D eigenvalue weighted by Crippen LogP contribution is 2.44. The van der Waals surface area contributed by atoms with Crippen LogP contribution in [0, 0.1) is 5.92 Å². The molecule has 0 spiro atoms. The van der Waals surface area contributed by atoms with Gasteiger partial charge in [0.1, 0.15) is 11.6 Å². The normalized spacial score (nSPS) is 25.4. The van der Waals surface area contributed by atoms with Gasteiger partial charge in [0.2, 0.25) is 5.91 Å². The molecule has 2 aliphatic heterocycles. The maximum Gasteiger partial charge on any atom is 0.405 e. The Balaban J connectivity index is 2.04. The zero-order valence-electron chi connectivity index (χ0n) is 11.3. The highest BCUT2D eigenvalue weighted by molar-refractivity contribution is 7.99. The van der Waals surface area contributed by atoms with Gasteiger partial charge < -0.3 is 25.6 Å². The monoisotopic (exact) mass is 316 g/mol. The topological polar surface area (TPSA) is 130 Å². The number of rotatable bonds is 6. The van der Waals surface area contributed by atoms with E-state index in [1.165, 1.54) is 23.6 Å². The average molecular weight is 316 g/mol. The first-order chi connectivity index (χ1) is 9.84. The number of primary amides is 1. The minimum Gasteiger partial charge on any atom is -0.477 e. The molecule has 0 aromatic carbocycles. The van der Waals surface area contributed by atoms with Crippen LogP contribution in [0.3, 0.4) is 0 Å². The van der Waals surface area contributed by atoms with E-state index in [9.17, 15) is 24.6 Å². The van der Waals surface area contributed by atoms with Crippen molar-refractivity contribution in [2.24, 2.45) is 11.7 Å². The maximum absolute atomic E-state index is 11.9. The molecule has 0 aromatic rings.